The number of para-hydroxylation sites is 1. The minimum Gasteiger partial charge on any atom is -0.467 e. The summed E-state index contributed by atoms with van der Waals surface area (Å²) in [6.45, 7) is 1.74. The molecule has 0 aliphatic heterocycles. The van der Waals surface area contributed by atoms with E-state index < -0.39 is 5.82 Å². The first-order chi connectivity index (χ1) is 10.6. The van der Waals surface area contributed by atoms with Crippen LogP contribution in [0.2, 0.25) is 0 Å². The number of hydrogen-bond donors (Lipinski definition) is 1. The number of nitrogens with zero attached hydrogens (tertiary/aromatic N) is 1. The van der Waals surface area contributed by atoms with E-state index in [2.05, 4.69) is 5.32 Å². The van der Waals surface area contributed by atoms with Gasteiger partial charge in [0.2, 0.25) is 11.8 Å². The van der Waals surface area contributed by atoms with Gasteiger partial charge in [-0.2, -0.15) is 0 Å². The van der Waals surface area contributed by atoms with Crippen LogP contribution in [0.5, 0.6) is 0 Å². The van der Waals surface area contributed by atoms with Gasteiger partial charge in [0.1, 0.15) is 11.6 Å². The Morgan fingerprint density at radius 2 is 2.00 bits per heavy atom. The molecule has 0 saturated carbocycles. The Bertz CT molecular complexity index is 641. The van der Waals surface area contributed by atoms with Gasteiger partial charge in [-0.15, -0.1) is 0 Å². The predicted octanol–water partition coefficient (Wildman–Crippen LogP) is 2.48. The second kappa shape index (κ2) is 7.40. The molecular formula is C16H17FN2O3. The zero-order chi connectivity index (χ0) is 15.9. The summed E-state index contributed by atoms with van der Waals surface area (Å²) >= 11 is 0. The van der Waals surface area contributed by atoms with Crippen LogP contribution in [0.1, 0.15) is 19.1 Å². The summed E-state index contributed by atoms with van der Waals surface area (Å²) in [5, 5.41) is 2.68. The molecule has 22 heavy (non-hydrogen) atoms. The van der Waals surface area contributed by atoms with E-state index in [0.717, 1.165) is 0 Å². The zero-order valence-electron chi connectivity index (χ0n) is 12.2. The molecule has 0 aliphatic rings. The Kier molecular flexibility index (Phi) is 5.30. The van der Waals surface area contributed by atoms with Crippen molar-refractivity contribution in [2.24, 2.45) is 0 Å². The quantitative estimate of drug-likeness (QED) is 0.892. The lowest BCUT2D eigenvalue weighted by Crippen LogP contribution is -2.34. The molecule has 1 aromatic heterocycles. The molecule has 0 atom stereocenters. The normalized spacial score (nSPS) is 10.3. The fraction of sp³-hybridized carbons (Fsp3) is 0.250. The zero-order valence-corrected chi connectivity index (χ0v) is 12.2. The highest BCUT2D eigenvalue weighted by Crippen LogP contribution is 2.19. The van der Waals surface area contributed by atoms with Crippen molar-refractivity contribution >= 4 is 17.5 Å². The monoisotopic (exact) mass is 304 g/mol. The van der Waals surface area contributed by atoms with Crippen molar-refractivity contribution in [1.29, 1.82) is 0 Å². The topological polar surface area (TPSA) is 62.6 Å². The van der Waals surface area contributed by atoms with Crippen molar-refractivity contribution in [2.45, 2.75) is 19.9 Å². The first-order valence-electron chi connectivity index (χ1n) is 6.89. The van der Waals surface area contributed by atoms with Gasteiger partial charge in [-0.1, -0.05) is 12.1 Å². The van der Waals surface area contributed by atoms with Crippen molar-refractivity contribution < 1.29 is 18.4 Å². The van der Waals surface area contributed by atoms with Crippen LogP contribution in [0.4, 0.5) is 10.1 Å². The summed E-state index contributed by atoms with van der Waals surface area (Å²) in [6, 6.07) is 9.47. The number of carbonyl (C=O) groups excluding carboxylic acids is 2. The molecule has 1 aromatic carbocycles. The van der Waals surface area contributed by atoms with Gasteiger partial charge in [-0.05, 0) is 24.3 Å². The van der Waals surface area contributed by atoms with E-state index in [0.29, 0.717) is 5.76 Å². The van der Waals surface area contributed by atoms with E-state index in [4.69, 9.17) is 4.42 Å². The maximum Gasteiger partial charge on any atom is 0.223 e. The number of nitrogens with one attached hydrogen (secondary N) is 1. The number of hydrogen-bond acceptors (Lipinski definition) is 3. The van der Waals surface area contributed by atoms with Crippen molar-refractivity contribution in [2.75, 3.05) is 11.4 Å². The van der Waals surface area contributed by atoms with Gasteiger partial charge in [0, 0.05) is 19.9 Å². The van der Waals surface area contributed by atoms with E-state index in [1.54, 1.807) is 24.3 Å². The van der Waals surface area contributed by atoms with Crippen molar-refractivity contribution in [3.63, 3.8) is 0 Å². The number of halogens is 1. The molecular weight excluding hydrogens is 287 g/mol. The van der Waals surface area contributed by atoms with E-state index in [1.165, 1.54) is 30.2 Å². The standard InChI is InChI=1S/C16H17FN2O3/c1-12(20)19(15-7-3-2-6-14(15)17)9-8-16(21)18-11-13-5-4-10-22-13/h2-7,10H,8-9,11H2,1H3,(H,18,21). The van der Waals surface area contributed by atoms with Crippen LogP contribution in [0, 0.1) is 5.82 Å². The van der Waals surface area contributed by atoms with Gasteiger partial charge < -0.3 is 14.6 Å². The molecule has 0 fully saturated rings. The minimum absolute atomic E-state index is 0.0780. The van der Waals surface area contributed by atoms with Crippen LogP contribution in [0.15, 0.2) is 47.1 Å². The lowest BCUT2D eigenvalue weighted by Gasteiger charge is -2.21. The number of furan rings is 1. The third kappa shape index (κ3) is 4.18. The maximum atomic E-state index is 13.8. The number of anilines is 1. The van der Waals surface area contributed by atoms with E-state index in [-0.39, 0.29) is 37.0 Å². The van der Waals surface area contributed by atoms with Gasteiger partial charge in [0.05, 0.1) is 18.5 Å². The van der Waals surface area contributed by atoms with Gasteiger partial charge in [-0.3, -0.25) is 9.59 Å². The molecule has 0 radical (unpaired) electrons. The van der Waals surface area contributed by atoms with Crippen molar-refractivity contribution in [3.8, 4) is 0 Å². The summed E-state index contributed by atoms with van der Waals surface area (Å²) < 4.78 is 18.9. The number of carbonyl (C=O) groups is 2. The third-order valence-electron chi connectivity index (χ3n) is 3.13. The van der Waals surface area contributed by atoms with E-state index >= 15 is 0 Å². The second-order valence-electron chi connectivity index (χ2n) is 4.73. The van der Waals surface area contributed by atoms with Crippen LogP contribution < -0.4 is 10.2 Å². The van der Waals surface area contributed by atoms with Gasteiger partial charge in [0.25, 0.3) is 0 Å². The van der Waals surface area contributed by atoms with Crippen LogP contribution in [-0.2, 0) is 16.1 Å². The molecule has 2 aromatic rings. The highest BCUT2D eigenvalue weighted by molar-refractivity contribution is 5.92. The summed E-state index contributed by atoms with van der Waals surface area (Å²) in [4.78, 5) is 24.7. The van der Waals surface area contributed by atoms with Crippen LogP contribution >= 0.6 is 0 Å². The van der Waals surface area contributed by atoms with Gasteiger partial charge in [0.15, 0.2) is 0 Å². The molecule has 0 aliphatic carbocycles. The smallest absolute Gasteiger partial charge is 0.223 e. The van der Waals surface area contributed by atoms with Crippen molar-refractivity contribution in [3.05, 3.63) is 54.2 Å². The predicted molar refractivity (Wildman–Crippen MR) is 79.6 cm³/mol. The Balaban J connectivity index is 1.91. The van der Waals surface area contributed by atoms with E-state index in [1.807, 2.05) is 0 Å². The molecule has 2 amide bonds. The second-order valence-corrected chi connectivity index (χ2v) is 4.73. The lowest BCUT2D eigenvalue weighted by atomic mass is 10.2. The Morgan fingerprint density at radius 1 is 1.23 bits per heavy atom. The fourth-order valence-corrected chi connectivity index (χ4v) is 2.02. The average molecular weight is 304 g/mol. The minimum atomic E-state index is -0.492. The summed E-state index contributed by atoms with van der Waals surface area (Å²) in [7, 11) is 0. The van der Waals surface area contributed by atoms with Crippen LogP contribution in [0.3, 0.4) is 0 Å². The summed E-state index contributed by atoms with van der Waals surface area (Å²) in [5.74, 6) is -0.400. The van der Waals surface area contributed by atoms with Crippen LogP contribution in [0.25, 0.3) is 0 Å². The molecule has 1 N–H and O–H groups in total. The number of benzene rings is 1. The van der Waals surface area contributed by atoms with Gasteiger partial charge >= 0.3 is 0 Å². The Morgan fingerprint density at radius 3 is 2.64 bits per heavy atom. The molecule has 6 heteroatoms. The molecule has 116 valence electrons. The van der Waals surface area contributed by atoms with Gasteiger partial charge in [-0.25, -0.2) is 4.39 Å². The van der Waals surface area contributed by atoms with E-state index in [9.17, 15) is 14.0 Å². The lowest BCUT2D eigenvalue weighted by molar-refractivity contribution is -0.121. The Hall–Kier alpha value is -2.63. The van der Waals surface area contributed by atoms with Crippen molar-refractivity contribution in [1.82, 2.24) is 5.32 Å². The fourth-order valence-electron chi connectivity index (χ4n) is 2.02. The molecule has 0 spiro atoms. The molecule has 2 rings (SSSR count). The Labute approximate surface area is 127 Å². The highest BCUT2D eigenvalue weighted by Gasteiger charge is 2.16. The molecule has 0 bridgehead atoms. The molecule has 5 nitrogen and oxygen atoms in total. The molecule has 0 unspecified atom stereocenters. The molecule has 1 heterocycles. The molecule has 0 saturated heterocycles. The first-order valence-corrected chi connectivity index (χ1v) is 6.89. The largest absolute Gasteiger partial charge is 0.467 e. The average Bonchev–Trinajstić information content (AvgIpc) is 3.00. The first kappa shape index (κ1) is 15.8. The number of rotatable bonds is 6. The summed E-state index contributed by atoms with van der Waals surface area (Å²) in [5.41, 5.74) is 0.175. The number of amides is 2. The maximum absolute atomic E-state index is 13.8. The highest BCUT2D eigenvalue weighted by atomic mass is 19.1. The summed E-state index contributed by atoms with van der Waals surface area (Å²) in [6.07, 6.45) is 1.60. The third-order valence-corrected chi connectivity index (χ3v) is 3.13. The SMILES string of the molecule is CC(=O)N(CCC(=O)NCc1ccco1)c1ccccc1F. The van der Waals surface area contributed by atoms with Crippen LogP contribution in [-0.4, -0.2) is 18.4 Å².